The molecule has 0 heterocycles. The Balaban J connectivity index is 0.000000284. The standard InChI is InChI=1S/2C8H7.2ClH.Zr/c2*1-7(2)8-5-3-4-6-8;;;/h2*7H,1-2H3;2*1H;/q2*-5;;;+2/p-2. The Labute approximate surface area is 136 Å². The van der Waals surface area contributed by atoms with Crippen LogP contribution in [-0.2, 0) is 20.8 Å². The molecular weight excluding hydrogens is 354 g/mol. The van der Waals surface area contributed by atoms with E-state index in [1.54, 1.807) is 0 Å². The Morgan fingerprint density at radius 3 is 1.00 bits per heavy atom. The summed E-state index contributed by atoms with van der Waals surface area (Å²) in [6, 6.07) is 22.4. The van der Waals surface area contributed by atoms with E-state index in [1.165, 1.54) is 0 Å². The zero-order valence-electron chi connectivity index (χ0n) is 11.4. The van der Waals surface area contributed by atoms with Crippen molar-refractivity contribution in [3.8, 4) is 0 Å². The van der Waals surface area contributed by atoms with E-state index in [9.17, 15) is 0 Å². The van der Waals surface area contributed by atoms with Crippen LogP contribution in [0.25, 0.3) is 0 Å². The molecule has 0 nitrogen and oxygen atoms in total. The van der Waals surface area contributed by atoms with Crippen molar-refractivity contribution in [2.45, 2.75) is 39.5 Å². The third-order valence-electron chi connectivity index (χ3n) is 2.07. The second kappa shape index (κ2) is 11.9. The summed E-state index contributed by atoms with van der Waals surface area (Å²) in [5.41, 5.74) is 2.15. The Bertz CT molecular complexity index is 337. The second-order valence-corrected chi connectivity index (χ2v) is 7.94. The first-order valence-electron chi connectivity index (χ1n) is 5.76. The van der Waals surface area contributed by atoms with E-state index in [4.69, 9.17) is 17.0 Å². The Hall–Kier alpha value is 0.163. The minimum atomic E-state index is -0.826. The molecule has 0 fully saturated rings. The first-order valence-corrected chi connectivity index (χ1v) is 12.1. The molecule has 0 atom stereocenters. The molecule has 0 radical (unpaired) electrons. The first kappa shape index (κ1) is 19.2. The Kier molecular flexibility index (Phi) is 12.0. The normalized spacial score (nSPS) is 9.47. The van der Waals surface area contributed by atoms with Crippen LogP contribution in [0.4, 0.5) is 0 Å². The predicted molar refractivity (Wildman–Crippen MR) is 74.6 cm³/mol. The summed E-state index contributed by atoms with van der Waals surface area (Å²) in [6.45, 7) is 8.40. The summed E-state index contributed by atoms with van der Waals surface area (Å²) < 4.78 is 0. The molecule has 2 aromatic rings. The van der Waals surface area contributed by atoms with E-state index in [1.807, 2.05) is 0 Å². The summed E-state index contributed by atoms with van der Waals surface area (Å²) in [5.74, 6) is 1.02. The number of halogens is 2. The van der Waals surface area contributed by atoms with Crippen molar-refractivity contribution in [1.82, 2.24) is 0 Å². The van der Waals surface area contributed by atoms with Gasteiger partial charge < -0.3 is 59.7 Å². The van der Waals surface area contributed by atoms with Crippen LogP contribution in [-0.4, -0.2) is 0 Å². The van der Waals surface area contributed by atoms with Gasteiger partial charge in [-0.15, -0.1) is 0 Å². The molecule has 0 aliphatic rings. The Morgan fingerprint density at radius 1 is 0.684 bits per heavy atom. The van der Waals surface area contributed by atoms with Crippen LogP contribution in [0.15, 0.2) is 0 Å². The van der Waals surface area contributed by atoms with Crippen molar-refractivity contribution in [2.75, 3.05) is 0 Å². The molecule has 0 aliphatic carbocycles. The van der Waals surface area contributed by atoms with Crippen LogP contribution in [0.2, 0.25) is 0 Å². The summed E-state index contributed by atoms with van der Waals surface area (Å²) in [5, 5.41) is 0. The zero-order chi connectivity index (χ0) is 14.7. The van der Waals surface area contributed by atoms with Gasteiger partial charge in [0.1, 0.15) is 0 Å². The second-order valence-electron chi connectivity index (χ2n) is 4.21. The summed E-state index contributed by atoms with van der Waals surface area (Å²) in [4.78, 5) is 0. The van der Waals surface area contributed by atoms with E-state index in [-0.39, 0.29) is 0 Å². The van der Waals surface area contributed by atoms with Gasteiger partial charge in [0.2, 0.25) is 0 Å². The van der Waals surface area contributed by atoms with Crippen molar-refractivity contribution in [1.29, 1.82) is 0 Å². The third kappa shape index (κ3) is 9.66. The van der Waals surface area contributed by atoms with E-state index >= 15 is 0 Å². The van der Waals surface area contributed by atoms with Crippen molar-refractivity contribution in [2.24, 2.45) is 0 Å². The summed E-state index contributed by atoms with van der Waals surface area (Å²) in [6.07, 6.45) is 0. The molecular formula is C16H14Cl2Zr-10. The van der Waals surface area contributed by atoms with Crippen LogP contribution in [0.3, 0.4) is 0 Å². The monoisotopic (exact) mass is 366 g/mol. The fourth-order valence-electron chi connectivity index (χ4n) is 1.03. The van der Waals surface area contributed by atoms with Crippen LogP contribution >= 0.6 is 17.0 Å². The third-order valence-corrected chi connectivity index (χ3v) is 2.07. The van der Waals surface area contributed by atoms with Gasteiger partial charge >= 0.3 is 37.9 Å². The molecule has 0 N–H and O–H groups in total. The fourth-order valence-corrected chi connectivity index (χ4v) is 1.03. The van der Waals surface area contributed by atoms with Crippen molar-refractivity contribution in [3.63, 3.8) is 0 Å². The van der Waals surface area contributed by atoms with Crippen molar-refractivity contribution < 1.29 is 20.8 Å². The van der Waals surface area contributed by atoms with Gasteiger partial charge in [-0.05, 0) is 0 Å². The average Bonchev–Trinajstić information content (AvgIpc) is 3.05. The van der Waals surface area contributed by atoms with E-state index in [0.717, 1.165) is 11.1 Å². The van der Waals surface area contributed by atoms with Crippen molar-refractivity contribution in [3.05, 3.63) is 59.7 Å². The fraction of sp³-hybridized carbons (Fsp3) is 0.375. The van der Waals surface area contributed by atoms with Gasteiger partial charge in [0.05, 0.1) is 0 Å². The van der Waals surface area contributed by atoms with Gasteiger partial charge in [-0.25, -0.2) is 11.8 Å². The SMILES string of the molecule is CC(C)[c-]1[c-][c-][c-][c-]1.CC(C)[c-]1[c-][c-][c-][c-]1.[Cl][Zr][Cl]. The first-order chi connectivity index (χ1) is 9.02. The van der Waals surface area contributed by atoms with Gasteiger partial charge in [-0.1, -0.05) is 27.7 Å². The molecule has 2 rings (SSSR count). The van der Waals surface area contributed by atoms with Crippen LogP contribution in [0.5, 0.6) is 0 Å². The molecule has 19 heavy (non-hydrogen) atoms. The maximum absolute atomic E-state index is 4.93. The van der Waals surface area contributed by atoms with Gasteiger partial charge in [-0.3, -0.25) is 0 Å². The molecule has 0 bridgehead atoms. The van der Waals surface area contributed by atoms with Gasteiger partial charge in [0.15, 0.2) is 0 Å². The van der Waals surface area contributed by atoms with Crippen LogP contribution in [0, 0.1) is 48.5 Å². The molecule has 0 saturated carbocycles. The molecule has 0 amide bonds. The molecule has 106 valence electrons. The number of hydrogen-bond donors (Lipinski definition) is 0. The summed E-state index contributed by atoms with van der Waals surface area (Å²) >= 11 is -0.826. The zero-order valence-corrected chi connectivity index (χ0v) is 15.4. The predicted octanol–water partition coefficient (Wildman–Crippen LogP) is 4.84. The molecule has 0 unspecified atom stereocenters. The average molecular weight is 368 g/mol. The van der Waals surface area contributed by atoms with Crippen molar-refractivity contribution >= 4 is 17.0 Å². The van der Waals surface area contributed by atoms with Gasteiger partial charge in [-0.2, -0.15) is 0 Å². The number of rotatable bonds is 2. The topological polar surface area (TPSA) is 0 Å². The molecule has 0 spiro atoms. The maximum atomic E-state index is 4.93. The quantitative estimate of drug-likeness (QED) is 0.666. The minimum absolute atomic E-state index is 0.512. The van der Waals surface area contributed by atoms with E-state index < -0.39 is 20.8 Å². The summed E-state index contributed by atoms with van der Waals surface area (Å²) in [7, 11) is 9.87. The van der Waals surface area contributed by atoms with Crippen LogP contribution in [0.1, 0.15) is 50.7 Å². The van der Waals surface area contributed by atoms with Gasteiger partial charge in [0, 0.05) is 0 Å². The molecule has 0 aromatic heterocycles. The number of hydrogen-bond acceptors (Lipinski definition) is 0. The van der Waals surface area contributed by atoms with Gasteiger partial charge in [0.25, 0.3) is 0 Å². The van der Waals surface area contributed by atoms with E-state index in [2.05, 4.69) is 76.2 Å². The molecule has 0 aliphatic heterocycles. The molecule has 2 aromatic carbocycles. The molecule has 0 saturated heterocycles. The molecule has 3 heteroatoms. The van der Waals surface area contributed by atoms with Crippen LogP contribution < -0.4 is 0 Å². The van der Waals surface area contributed by atoms with E-state index in [0.29, 0.717) is 11.8 Å². The Morgan fingerprint density at radius 2 is 0.895 bits per heavy atom.